The molecule has 2 fully saturated rings. The Morgan fingerprint density at radius 1 is 1.31 bits per heavy atom. The van der Waals surface area contributed by atoms with Crippen LogP contribution in [0.2, 0.25) is 0 Å². The fourth-order valence-corrected chi connectivity index (χ4v) is 5.17. The number of nitrogens with one attached hydrogen (secondary N) is 1. The maximum atomic E-state index is 14.2. The summed E-state index contributed by atoms with van der Waals surface area (Å²) in [6.45, 7) is 2.83. The minimum absolute atomic E-state index is 0.158. The van der Waals surface area contributed by atoms with E-state index in [1.54, 1.807) is 13.8 Å². The summed E-state index contributed by atoms with van der Waals surface area (Å²) in [5.41, 5.74) is -3.57. The Balaban J connectivity index is 1.78. The lowest BCUT2D eigenvalue weighted by atomic mass is 9.81. The minimum Gasteiger partial charge on any atom is -0.320 e. The second-order valence-electron chi connectivity index (χ2n) is 9.71. The largest absolute Gasteiger partial charge is 0.420 e. The number of primary sulfonamides is 1. The van der Waals surface area contributed by atoms with Gasteiger partial charge in [0.1, 0.15) is 11.3 Å². The van der Waals surface area contributed by atoms with Crippen LogP contribution in [0.5, 0.6) is 0 Å². The van der Waals surface area contributed by atoms with Crippen molar-refractivity contribution in [3.8, 4) is 0 Å². The summed E-state index contributed by atoms with van der Waals surface area (Å²) < 4.78 is 94.8. The Labute approximate surface area is 198 Å². The maximum Gasteiger partial charge on any atom is 0.420 e. The number of nitrogens with zero attached hydrogens (tertiary/aromatic N) is 3. The molecule has 2 heterocycles. The zero-order chi connectivity index (χ0) is 26.0. The van der Waals surface area contributed by atoms with Crippen molar-refractivity contribution in [3.05, 3.63) is 35.3 Å². The third kappa shape index (κ3) is 5.17. The third-order valence-corrected chi connectivity index (χ3v) is 7.50. The van der Waals surface area contributed by atoms with Crippen molar-refractivity contribution in [1.82, 2.24) is 14.8 Å². The smallest absolute Gasteiger partial charge is 0.320 e. The summed E-state index contributed by atoms with van der Waals surface area (Å²) >= 11 is 0. The maximum absolute atomic E-state index is 14.2. The number of sulfonamides is 1. The van der Waals surface area contributed by atoms with Crippen LogP contribution in [0.1, 0.15) is 67.2 Å². The number of halogens is 5. The Hall–Kier alpha value is -2.61. The van der Waals surface area contributed by atoms with Crippen molar-refractivity contribution in [2.24, 2.45) is 16.5 Å². The Bertz CT molecular complexity index is 1270. The molecule has 0 bridgehead atoms. The van der Waals surface area contributed by atoms with Gasteiger partial charge >= 0.3 is 6.18 Å². The second-order valence-corrected chi connectivity index (χ2v) is 11.2. The van der Waals surface area contributed by atoms with E-state index in [0.717, 1.165) is 16.9 Å². The van der Waals surface area contributed by atoms with Crippen molar-refractivity contribution in [2.75, 3.05) is 5.32 Å². The van der Waals surface area contributed by atoms with Crippen LogP contribution >= 0.6 is 0 Å². The highest BCUT2D eigenvalue weighted by Gasteiger charge is 2.53. The summed E-state index contributed by atoms with van der Waals surface area (Å²) in [5.74, 6) is -5.19. The lowest BCUT2D eigenvalue weighted by molar-refractivity contribution is -0.138. The van der Waals surface area contributed by atoms with E-state index in [4.69, 9.17) is 5.14 Å². The first-order chi connectivity index (χ1) is 16.0. The highest BCUT2D eigenvalue weighted by atomic mass is 32.2. The lowest BCUT2D eigenvalue weighted by Crippen LogP contribution is -2.31. The Kier molecular flexibility index (Phi) is 5.98. The number of hydrogen-bond acceptors (Lipinski definition) is 5. The number of carbonyl (C=O) groups excluding carboxylic acids is 1. The zero-order valence-electron chi connectivity index (χ0n) is 18.9. The predicted molar refractivity (Wildman–Crippen MR) is 114 cm³/mol. The summed E-state index contributed by atoms with van der Waals surface area (Å²) in [5, 5.41) is 10.8. The van der Waals surface area contributed by atoms with Gasteiger partial charge in [0, 0.05) is 43.3 Å². The number of nitrogens with two attached hydrogens (primary N) is 1. The van der Waals surface area contributed by atoms with Gasteiger partial charge in [-0.15, -0.1) is 0 Å². The highest BCUT2D eigenvalue weighted by Crippen LogP contribution is 2.53. The van der Waals surface area contributed by atoms with Crippen LogP contribution in [0.4, 0.5) is 27.6 Å². The molecular weight excluding hydrogens is 497 g/mol. The van der Waals surface area contributed by atoms with Gasteiger partial charge in [-0.1, -0.05) is 13.8 Å². The number of carbonyl (C=O) groups is 1. The molecule has 0 aromatic carbocycles. The van der Waals surface area contributed by atoms with Crippen LogP contribution < -0.4 is 10.5 Å². The summed E-state index contributed by atoms with van der Waals surface area (Å²) in [6, 6.07) is 2.09. The molecule has 35 heavy (non-hydrogen) atoms. The van der Waals surface area contributed by atoms with E-state index in [0.29, 0.717) is 12.8 Å². The van der Waals surface area contributed by atoms with E-state index in [9.17, 15) is 35.2 Å². The van der Waals surface area contributed by atoms with Crippen molar-refractivity contribution in [2.45, 2.75) is 69.1 Å². The molecule has 0 saturated heterocycles. The molecule has 3 N–H and O–H groups in total. The van der Waals surface area contributed by atoms with Crippen LogP contribution in [0.3, 0.4) is 0 Å². The molecule has 2 saturated carbocycles. The standard InChI is InChI=1S/C21H24F5N5O3S/c1-11-8-20(22,23)9-19(11,2)10-31-17(15(21(24,25)26)16(30-31)12-3-4-12)18(32)29-13-5-6-28-14(7-13)35(27,33)34/h5-7,11-12H,3-4,8-10H2,1-2H3,(H2,27,33,34)(H,28,29,32). The first-order valence-corrected chi connectivity index (χ1v) is 12.4. The number of aromatic nitrogens is 3. The average molecular weight is 522 g/mol. The van der Waals surface area contributed by atoms with Crippen LogP contribution in [-0.4, -0.2) is 35.0 Å². The summed E-state index contributed by atoms with van der Waals surface area (Å²) in [4.78, 5) is 16.8. The Morgan fingerprint density at radius 3 is 2.49 bits per heavy atom. The Morgan fingerprint density at radius 2 is 1.97 bits per heavy atom. The number of pyridine rings is 1. The van der Waals surface area contributed by atoms with E-state index in [-0.39, 0.29) is 17.9 Å². The molecular formula is C21H24F5N5O3S. The first kappa shape index (κ1) is 25.5. The van der Waals surface area contributed by atoms with E-state index >= 15 is 0 Å². The number of amides is 1. The van der Waals surface area contributed by atoms with Crippen LogP contribution in [0.25, 0.3) is 0 Å². The highest BCUT2D eigenvalue weighted by molar-refractivity contribution is 7.89. The van der Waals surface area contributed by atoms with Gasteiger partial charge in [-0.25, -0.2) is 27.3 Å². The second kappa shape index (κ2) is 8.22. The minimum atomic E-state index is -4.93. The molecule has 2 aromatic heterocycles. The quantitative estimate of drug-likeness (QED) is 0.554. The fourth-order valence-electron chi connectivity index (χ4n) is 4.67. The molecule has 2 atom stereocenters. The number of anilines is 1. The van der Waals surface area contributed by atoms with Gasteiger partial charge in [-0.05, 0) is 30.2 Å². The van der Waals surface area contributed by atoms with E-state index in [2.05, 4.69) is 15.4 Å². The van der Waals surface area contributed by atoms with Gasteiger partial charge in [0.25, 0.3) is 15.9 Å². The van der Waals surface area contributed by atoms with Gasteiger partial charge in [0.2, 0.25) is 5.92 Å². The van der Waals surface area contributed by atoms with E-state index < -0.39 is 74.4 Å². The molecule has 0 radical (unpaired) electrons. The number of alkyl halides is 5. The van der Waals surface area contributed by atoms with Crippen molar-refractivity contribution in [3.63, 3.8) is 0 Å². The number of hydrogen-bond donors (Lipinski definition) is 2. The average Bonchev–Trinajstić information content (AvgIpc) is 3.42. The molecule has 2 unspecified atom stereocenters. The van der Waals surface area contributed by atoms with Crippen LogP contribution in [0, 0.1) is 11.3 Å². The first-order valence-electron chi connectivity index (χ1n) is 10.9. The third-order valence-electron chi connectivity index (χ3n) is 6.69. The topological polar surface area (TPSA) is 120 Å². The van der Waals surface area contributed by atoms with Crippen molar-refractivity contribution < 1.29 is 35.2 Å². The van der Waals surface area contributed by atoms with E-state index in [1.165, 1.54) is 6.07 Å². The molecule has 14 heteroatoms. The molecule has 2 aromatic rings. The van der Waals surface area contributed by atoms with Gasteiger partial charge in [0.15, 0.2) is 5.03 Å². The van der Waals surface area contributed by atoms with Gasteiger partial charge in [-0.2, -0.15) is 18.3 Å². The molecule has 0 aliphatic heterocycles. The lowest BCUT2D eigenvalue weighted by Gasteiger charge is -2.29. The molecule has 2 aliphatic carbocycles. The molecule has 1 amide bonds. The van der Waals surface area contributed by atoms with Crippen molar-refractivity contribution >= 4 is 21.6 Å². The van der Waals surface area contributed by atoms with Crippen LogP contribution in [0.15, 0.2) is 23.4 Å². The van der Waals surface area contributed by atoms with E-state index in [1.807, 2.05) is 0 Å². The van der Waals surface area contributed by atoms with Gasteiger partial charge in [0.05, 0.1) is 5.69 Å². The van der Waals surface area contributed by atoms with Gasteiger partial charge in [-0.3, -0.25) is 9.48 Å². The summed E-state index contributed by atoms with van der Waals surface area (Å²) in [7, 11) is -4.24. The zero-order valence-corrected chi connectivity index (χ0v) is 19.7. The molecule has 192 valence electrons. The molecule has 4 rings (SSSR count). The SMILES string of the molecule is CC1CC(F)(F)CC1(C)Cn1nc(C2CC2)c(C(F)(F)F)c1C(=O)Nc1ccnc(S(N)(=O)=O)c1. The summed E-state index contributed by atoms with van der Waals surface area (Å²) in [6.07, 6.45) is -3.94. The molecule has 2 aliphatic rings. The van der Waals surface area contributed by atoms with Crippen molar-refractivity contribution in [1.29, 1.82) is 0 Å². The van der Waals surface area contributed by atoms with Crippen LogP contribution in [-0.2, 0) is 22.7 Å². The fraction of sp³-hybridized carbons (Fsp3) is 0.571. The monoisotopic (exact) mass is 521 g/mol. The van der Waals surface area contributed by atoms with Gasteiger partial charge < -0.3 is 5.32 Å². The predicted octanol–water partition coefficient (Wildman–Crippen LogP) is 4.15. The molecule has 8 nitrogen and oxygen atoms in total. The number of rotatable bonds is 6. The normalized spacial score (nSPS) is 24.5. The molecule has 0 spiro atoms.